The van der Waals surface area contributed by atoms with E-state index in [2.05, 4.69) is 0 Å². The summed E-state index contributed by atoms with van der Waals surface area (Å²) >= 11 is 5.80. The molecule has 0 saturated heterocycles. The quantitative estimate of drug-likeness (QED) is 0.807. The lowest BCUT2D eigenvalue weighted by atomic mass is 9.99. The van der Waals surface area contributed by atoms with Gasteiger partial charge in [-0.05, 0) is 30.7 Å². The molecule has 0 aromatic heterocycles. The van der Waals surface area contributed by atoms with Gasteiger partial charge in [0, 0.05) is 10.6 Å². The maximum atomic E-state index is 12.8. The van der Waals surface area contributed by atoms with Crippen molar-refractivity contribution in [1.29, 1.82) is 0 Å². The van der Waals surface area contributed by atoms with E-state index >= 15 is 0 Å². The summed E-state index contributed by atoms with van der Waals surface area (Å²) in [6, 6.07) is 2.86. The van der Waals surface area contributed by atoms with Crippen molar-refractivity contribution in [3.8, 4) is 5.75 Å². The van der Waals surface area contributed by atoms with E-state index in [-0.39, 0.29) is 11.3 Å². The summed E-state index contributed by atoms with van der Waals surface area (Å²) in [4.78, 5) is 8.97. The van der Waals surface area contributed by atoms with Gasteiger partial charge in [-0.2, -0.15) is 13.2 Å². The Bertz CT molecular complexity index is 578. The summed E-state index contributed by atoms with van der Waals surface area (Å²) in [5, 5.41) is 9.28. The van der Waals surface area contributed by atoms with Gasteiger partial charge in [-0.1, -0.05) is 11.6 Å². The molecule has 2 N–H and O–H groups in total. The van der Waals surface area contributed by atoms with Gasteiger partial charge >= 0.3 is 12.1 Å². The van der Waals surface area contributed by atoms with Crippen molar-refractivity contribution in [2.75, 3.05) is 0 Å². The molecule has 0 aliphatic carbocycles. The van der Waals surface area contributed by atoms with Crippen LogP contribution in [0.3, 0.4) is 0 Å². The Morgan fingerprint density at radius 3 is 2.58 bits per heavy atom. The molecular formula is C12H9ClF3O3+. The van der Waals surface area contributed by atoms with Gasteiger partial charge in [-0.15, -0.1) is 0 Å². The summed E-state index contributed by atoms with van der Waals surface area (Å²) in [6.45, 7) is 1.56. The normalized spacial score (nSPS) is 18.4. The fraction of sp³-hybridized carbons (Fsp3) is 0.250. The highest BCUT2D eigenvalue weighted by atomic mass is 35.5. The Hall–Kier alpha value is -1.69. The third-order valence-electron chi connectivity index (χ3n) is 2.65. The molecule has 1 aromatic rings. The van der Waals surface area contributed by atoms with Crippen molar-refractivity contribution in [1.82, 2.24) is 0 Å². The van der Waals surface area contributed by atoms with E-state index in [1.165, 1.54) is 12.1 Å². The van der Waals surface area contributed by atoms with E-state index in [4.69, 9.17) is 26.2 Å². The van der Waals surface area contributed by atoms with E-state index in [0.717, 1.165) is 6.08 Å². The average molecular weight is 294 g/mol. The van der Waals surface area contributed by atoms with Gasteiger partial charge in [0.1, 0.15) is 11.3 Å². The average Bonchev–Trinajstić information content (AvgIpc) is 2.25. The monoisotopic (exact) mass is 293 g/mol. The standard InChI is InChI=1S/C12H8ClF3O3/c1-5-2-7(13)3-6-4-8(11(17)18)10(12(14,15)16)19-9(5)6/h2-4,10H,1H3,(H,17,18)/p+1. The molecule has 0 bridgehead atoms. The number of benzene rings is 1. The Morgan fingerprint density at radius 2 is 2.05 bits per heavy atom. The van der Waals surface area contributed by atoms with Crippen LogP contribution in [-0.4, -0.2) is 28.2 Å². The van der Waals surface area contributed by atoms with Crippen molar-refractivity contribution >= 4 is 23.6 Å². The molecule has 19 heavy (non-hydrogen) atoms. The van der Waals surface area contributed by atoms with Gasteiger partial charge in [-0.3, -0.25) is 0 Å². The molecule has 0 amide bonds. The van der Waals surface area contributed by atoms with Crippen LogP contribution >= 0.6 is 11.6 Å². The Morgan fingerprint density at radius 1 is 1.42 bits per heavy atom. The molecule has 1 unspecified atom stereocenters. The number of hydrogen-bond donors (Lipinski definition) is 1. The minimum Gasteiger partial charge on any atom is -0.475 e. The first-order valence-electron chi connectivity index (χ1n) is 5.20. The van der Waals surface area contributed by atoms with Gasteiger partial charge in [0.25, 0.3) is 0 Å². The van der Waals surface area contributed by atoms with Crippen LogP contribution in [0, 0.1) is 6.92 Å². The SMILES string of the molecule is Cc1cc(Cl)cc2c1OC(C(F)(F)F)C(C(O)=[OH+])=C2. The van der Waals surface area contributed by atoms with Crippen molar-refractivity contribution in [3.05, 3.63) is 33.9 Å². The number of ether oxygens (including phenoxy) is 1. The summed E-state index contributed by atoms with van der Waals surface area (Å²) in [6.07, 6.45) is -6.16. The summed E-state index contributed by atoms with van der Waals surface area (Å²) in [5.41, 5.74) is -0.0488. The number of fused-ring (bicyclic) bond motifs is 1. The summed E-state index contributed by atoms with van der Waals surface area (Å²) in [7, 11) is 0. The molecule has 1 aliphatic rings. The van der Waals surface area contributed by atoms with Gasteiger partial charge < -0.3 is 14.6 Å². The number of aliphatic hydroxyl groups excluding tert-OH is 1. The summed E-state index contributed by atoms with van der Waals surface area (Å²) < 4.78 is 43.4. The van der Waals surface area contributed by atoms with Gasteiger partial charge in [0.05, 0.1) is 0 Å². The first kappa shape index (κ1) is 13.7. The van der Waals surface area contributed by atoms with Gasteiger partial charge in [0.15, 0.2) is 0 Å². The van der Waals surface area contributed by atoms with Crippen LogP contribution in [0.15, 0.2) is 17.7 Å². The lowest BCUT2D eigenvalue weighted by Gasteiger charge is -2.26. The molecule has 7 heteroatoms. The van der Waals surface area contributed by atoms with Gasteiger partial charge in [-0.25, -0.2) is 0 Å². The van der Waals surface area contributed by atoms with Crippen molar-refractivity contribution < 1.29 is 27.8 Å². The highest BCUT2D eigenvalue weighted by Gasteiger charge is 2.50. The van der Waals surface area contributed by atoms with Crippen LogP contribution in [0.25, 0.3) is 6.08 Å². The minimum atomic E-state index is -4.76. The number of aliphatic carboxylic acids is 1. The minimum absolute atomic E-state index is 0.0247. The zero-order valence-corrected chi connectivity index (χ0v) is 10.4. The second-order valence-corrected chi connectivity index (χ2v) is 4.54. The van der Waals surface area contributed by atoms with E-state index in [9.17, 15) is 13.2 Å². The molecule has 0 fully saturated rings. The second kappa shape index (κ2) is 4.45. The predicted molar refractivity (Wildman–Crippen MR) is 64.2 cm³/mol. The lowest BCUT2D eigenvalue weighted by Crippen LogP contribution is -2.40. The zero-order valence-electron chi connectivity index (χ0n) is 9.62. The number of carboxylic acid groups (broad SMARTS) is 1. The number of rotatable bonds is 1. The third kappa shape index (κ3) is 2.53. The molecule has 1 heterocycles. The fourth-order valence-electron chi connectivity index (χ4n) is 1.87. The van der Waals surface area contributed by atoms with Crippen LogP contribution in [-0.2, 0) is 0 Å². The predicted octanol–water partition coefficient (Wildman–Crippen LogP) is 3.42. The van der Waals surface area contributed by atoms with E-state index in [1.807, 2.05) is 0 Å². The molecule has 0 radical (unpaired) electrons. The molecule has 2 rings (SSSR count). The van der Waals surface area contributed by atoms with Crippen LogP contribution in [0.5, 0.6) is 5.75 Å². The second-order valence-electron chi connectivity index (χ2n) is 4.10. The van der Waals surface area contributed by atoms with Crippen molar-refractivity contribution in [2.45, 2.75) is 19.2 Å². The summed E-state index contributed by atoms with van der Waals surface area (Å²) in [5.74, 6) is -1.40. The van der Waals surface area contributed by atoms with Crippen LogP contribution in [0.1, 0.15) is 11.1 Å². The van der Waals surface area contributed by atoms with Crippen LogP contribution in [0.4, 0.5) is 13.2 Å². The number of alkyl halides is 3. The van der Waals surface area contributed by atoms with Gasteiger partial charge in [0.2, 0.25) is 6.10 Å². The molecule has 0 saturated carbocycles. The Balaban J connectivity index is 2.61. The molecular weight excluding hydrogens is 285 g/mol. The third-order valence-corrected chi connectivity index (χ3v) is 2.87. The maximum absolute atomic E-state index is 12.8. The largest absolute Gasteiger partial charge is 0.515 e. The molecule has 102 valence electrons. The molecule has 1 aliphatic heterocycles. The molecule has 3 nitrogen and oxygen atoms in total. The highest BCUT2D eigenvalue weighted by Crippen LogP contribution is 2.40. The number of halogens is 4. The topological polar surface area (TPSA) is 50.9 Å². The van der Waals surface area contributed by atoms with Crippen LogP contribution in [0.2, 0.25) is 5.02 Å². The smallest absolute Gasteiger partial charge is 0.475 e. The lowest BCUT2D eigenvalue weighted by molar-refractivity contribution is -0.182. The first-order chi connectivity index (χ1) is 8.70. The van der Waals surface area contributed by atoms with E-state index in [1.54, 1.807) is 6.92 Å². The Labute approximate surface area is 111 Å². The Kier molecular flexibility index (Phi) is 3.22. The number of carboxylic acids is 1. The highest BCUT2D eigenvalue weighted by molar-refractivity contribution is 6.30. The maximum Gasteiger partial charge on any atom is 0.515 e. The van der Waals surface area contributed by atoms with Crippen molar-refractivity contribution in [3.63, 3.8) is 0 Å². The van der Waals surface area contributed by atoms with E-state index in [0.29, 0.717) is 10.6 Å². The van der Waals surface area contributed by atoms with E-state index < -0.39 is 23.8 Å². The fourth-order valence-corrected chi connectivity index (χ4v) is 2.15. The van der Waals surface area contributed by atoms with Crippen molar-refractivity contribution in [2.24, 2.45) is 0 Å². The molecule has 0 spiro atoms. The zero-order chi connectivity index (χ0) is 14.4. The number of aryl methyl sites for hydroxylation is 1. The molecule has 1 atom stereocenters. The first-order valence-corrected chi connectivity index (χ1v) is 5.58. The molecule has 1 aromatic carbocycles. The number of hydrogen-bond acceptors (Lipinski definition) is 1. The van der Waals surface area contributed by atoms with Crippen LogP contribution < -0.4 is 4.74 Å².